The first-order valence-electron chi connectivity index (χ1n) is 8.62. The molecule has 25 heavy (non-hydrogen) atoms. The Kier molecular flexibility index (Phi) is 6.40. The minimum absolute atomic E-state index is 0.0773. The number of carbonyl (C=O) groups excluding carboxylic acids is 1. The number of aromatic nitrogens is 1. The lowest BCUT2D eigenvalue weighted by Gasteiger charge is -2.18. The standard InChI is InChI=1S/C19H27N3O3/c1-13-7-17(15(3)22(13)14(2)12-25-4)8-18(9-20)19(24)21-6-5-16(10-21)11-23/h7-8,14,16,23H,5-6,10-12H2,1-4H3/b18-8-. The Morgan fingerprint density at radius 2 is 2.28 bits per heavy atom. The number of methoxy groups -OCH3 is 1. The van der Waals surface area contributed by atoms with Crippen LogP contribution in [-0.2, 0) is 9.53 Å². The van der Waals surface area contributed by atoms with Gasteiger partial charge in [0.15, 0.2) is 0 Å². The van der Waals surface area contributed by atoms with Crippen LogP contribution in [0.4, 0.5) is 0 Å². The number of likely N-dealkylation sites (tertiary alicyclic amines) is 1. The highest BCUT2D eigenvalue weighted by atomic mass is 16.5. The molecule has 6 heteroatoms. The monoisotopic (exact) mass is 345 g/mol. The van der Waals surface area contributed by atoms with Crippen LogP contribution in [0, 0.1) is 31.1 Å². The molecule has 136 valence electrons. The summed E-state index contributed by atoms with van der Waals surface area (Å²) in [6.45, 7) is 7.85. The van der Waals surface area contributed by atoms with Crippen LogP contribution >= 0.6 is 0 Å². The molecular formula is C19H27N3O3. The molecule has 0 bridgehead atoms. The summed E-state index contributed by atoms with van der Waals surface area (Å²) < 4.78 is 7.40. The van der Waals surface area contributed by atoms with Gasteiger partial charge in [-0.1, -0.05) is 0 Å². The average molecular weight is 345 g/mol. The van der Waals surface area contributed by atoms with Crippen molar-refractivity contribution in [1.82, 2.24) is 9.47 Å². The second-order valence-corrected chi connectivity index (χ2v) is 6.76. The molecule has 2 unspecified atom stereocenters. The maximum atomic E-state index is 12.6. The van der Waals surface area contributed by atoms with Crippen LogP contribution in [-0.4, -0.2) is 53.9 Å². The lowest BCUT2D eigenvalue weighted by Crippen LogP contribution is -2.30. The van der Waals surface area contributed by atoms with Gasteiger partial charge in [-0.25, -0.2) is 0 Å². The summed E-state index contributed by atoms with van der Waals surface area (Å²) in [5.41, 5.74) is 3.10. The number of nitrogens with zero attached hydrogens (tertiary/aromatic N) is 3. The van der Waals surface area contributed by atoms with Crippen LogP contribution in [0.1, 0.15) is 36.3 Å². The highest BCUT2D eigenvalue weighted by molar-refractivity contribution is 6.02. The molecule has 2 rings (SSSR count). The van der Waals surface area contributed by atoms with Crippen LogP contribution in [0.25, 0.3) is 6.08 Å². The quantitative estimate of drug-likeness (QED) is 0.632. The molecule has 1 saturated heterocycles. The van der Waals surface area contributed by atoms with E-state index in [-0.39, 0.29) is 30.0 Å². The summed E-state index contributed by atoms with van der Waals surface area (Å²) in [6.07, 6.45) is 2.46. The molecule has 0 spiro atoms. The molecule has 6 nitrogen and oxygen atoms in total. The van der Waals surface area contributed by atoms with E-state index in [9.17, 15) is 15.2 Å². The van der Waals surface area contributed by atoms with Crippen molar-refractivity contribution in [3.05, 3.63) is 28.6 Å². The molecule has 1 aliphatic rings. The summed E-state index contributed by atoms with van der Waals surface area (Å²) in [5.74, 6) is -0.142. The second-order valence-electron chi connectivity index (χ2n) is 6.76. The molecule has 1 aliphatic heterocycles. The molecule has 0 aliphatic carbocycles. The van der Waals surface area contributed by atoms with Crippen molar-refractivity contribution in [3.63, 3.8) is 0 Å². The third-order valence-electron chi connectivity index (χ3n) is 4.85. The van der Waals surface area contributed by atoms with E-state index in [0.717, 1.165) is 23.4 Å². The van der Waals surface area contributed by atoms with Gasteiger partial charge in [-0.15, -0.1) is 0 Å². The summed E-state index contributed by atoms with van der Waals surface area (Å²) in [4.78, 5) is 14.3. The van der Waals surface area contributed by atoms with Gasteiger partial charge in [-0.05, 0) is 44.9 Å². The smallest absolute Gasteiger partial charge is 0.264 e. The highest BCUT2D eigenvalue weighted by Crippen LogP contribution is 2.24. The van der Waals surface area contributed by atoms with Crippen molar-refractivity contribution in [2.24, 2.45) is 5.92 Å². The Labute approximate surface area is 149 Å². The maximum Gasteiger partial charge on any atom is 0.264 e. The molecule has 1 N–H and O–H groups in total. The number of rotatable bonds is 6. The van der Waals surface area contributed by atoms with Gasteiger partial charge in [0.2, 0.25) is 0 Å². The molecule has 0 radical (unpaired) electrons. The molecule has 1 amide bonds. The number of aliphatic hydroxyl groups excluding tert-OH is 1. The number of amides is 1. The minimum atomic E-state index is -0.256. The fourth-order valence-corrected chi connectivity index (χ4v) is 3.58. The Bertz CT molecular complexity index is 700. The van der Waals surface area contributed by atoms with Crippen molar-refractivity contribution < 1.29 is 14.6 Å². The SMILES string of the molecule is COCC(C)n1c(C)cc(/C=C(/C#N)C(=O)N2CCC(CO)C2)c1C. The Morgan fingerprint density at radius 3 is 2.84 bits per heavy atom. The van der Waals surface area contributed by atoms with Crippen molar-refractivity contribution >= 4 is 12.0 Å². The van der Waals surface area contributed by atoms with E-state index in [1.54, 1.807) is 18.1 Å². The fraction of sp³-hybridized carbons (Fsp3) is 0.579. The van der Waals surface area contributed by atoms with Gasteiger partial charge < -0.3 is 19.3 Å². The number of aliphatic hydroxyl groups is 1. The van der Waals surface area contributed by atoms with Crippen molar-refractivity contribution in [3.8, 4) is 6.07 Å². The van der Waals surface area contributed by atoms with E-state index < -0.39 is 0 Å². The molecule has 1 aromatic heterocycles. The van der Waals surface area contributed by atoms with Crippen molar-refractivity contribution in [2.45, 2.75) is 33.2 Å². The number of nitriles is 1. The van der Waals surface area contributed by atoms with E-state index in [4.69, 9.17) is 4.74 Å². The van der Waals surface area contributed by atoms with E-state index in [2.05, 4.69) is 11.5 Å². The predicted molar refractivity (Wildman–Crippen MR) is 95.9 cm³/mol. The van der Waals surface area contributed by atoms with E-state index in [1.807, 2.05) is 26.0 Å². The molecular weight excluding hydrogens is 318 g/mol. The van der Waals surface area contributed by atoms with E-state index >= 15 is 0 Å². The number of carbonyl (C=O) groups is 1. The van der Waals surface area contributed by atoms with Crippen molar-refractivity contribution in [2.75, 3.05) is 33.4 Å². The zero-order valence-corrected chi connectivity index (χ0v) is 15.5. The molecule has 0 saturated carbocycles. The number of aryl methyl sites for hydroxylation is 1. The third kappa shape index (κ3) is 4.12. The Hall–Kier alpha value is -2.10. The van der Waals surface area contributed by atoms with Gasteiger partial charge in [0.25, 0.3) is 5.91 Å². The first-order chi connectivity index (χ1) is 11.9. The van der Waals surface area contributed by atoms with Crippen molar-refractivity contribution in [1.29, 1.82) is 5.26 Å². The number of ether oxygens (including phenoxy) is 1. The van der Waals surface area contributed by atoms with Crippen LogP contribution in [0.15, 0.2) is 11.6 Å². The lowest BCUT2D eigenvalue weighted by molar-refractivity contribution is -0.125. The Morgan fingerprint density at radius 1 is 1.56 bits per heavy atom. The van der Waals surface area contributed by atoms with E-state index in [1.165, 1.54) is 0 Å². The van der Waals surface area contributed by atoms with Gasteiger partial charge in [-0.2, -0.15) is 5.26 Å². The first kappa shape index (κ1) is 19.2. The summed E-state index contributed by atoms with van der Waals surface area (Å²) in [6, 6.07) is 4.21. The number of hydrogen-bond acceptors (Lipinski definition) is 4. The number of hydrogen-bond donors (Lipinski definition) is 1. The largest absolute Gasteiger partial charge is 0.396 e. The van der Waals surface area contributed by atoms with Crippen LogP contribution in [0.3, 0.4) is 0 Å². The lowest BCUT2D eigenvalue weighted by atomic mass is 10.1. The molecule has 1 fully saturated rings. The van der Waals surface area contributed by atoms with Gasteiger partial charge in [0.05, 0.1) is 12.6 Å². The summed E-state index contributed by atoms with van der Waals surface area (Å²) >= 11 is 0. The van der Waals surface area contributed by atoms with Crippen LogP contribution in [0.5, 0.6) is 0 Å². The summed E-state index contributed by atoms with van der Waals surface area (Å²) in [7, 11) is 1.67. The van der Waals surface area contributed by atoms with Gasteiger partial charge in [0, 0.05) is 44.1 Å². The van der Waals surface area contributed by atoms with Crippen LogP contribution < -0.4 is 0 Å². The van der Waals surface area contributed by atoms with Crippen LogP contribution in [0.2, 0.25) is 0 Å². The van der Waals surface area contributed by atoms with Gasteiger partial charge in [-0.3, -0.25) is 4.79 Å². The second kappa shape index (κ2) is 8.32. The highest BCUT2D eigenvalue weighted by Gasteiger charge is 2.28. The zero-order valence-electron chi connectivity index (χ0n) is 15.5. The normalized spacial score (nSPS) is 19.1. The fourth-order valence-electron chi connectivity index (χ4n) is 3.58. The molecule has 2 heterocycles. The first-order valence-corrected chi connectivity index (χ1v) is 8.62. The average Bonchev–Trinajstić information content (AvgIpc) is 3.17. The molecule has 2 atom stereocenters. The third-order valence-corrected chi connectivity index (χ3v) is 4.85. The topological polar surface area (TPSA) is 78.5 Å². The minimum Gasteiger partial charge on any atom is -0.396 e. The molecule has 0 aromatic carbocycles. The maximum absolute atomic E-state index is 12.6. The van der Waals surface area contributed by atoms with E-state index in [0.29, 0.717) is 19.7 Å². The molecule has 1 aromatic rings. The predicted octanol–water partition coefficient (Wildman–Crippen LogP) is 2.06. The summed E-state index contributed by atoms with van der Waals surface area (Å²) in [5, 5.41) is 18.7. The zero-order chi connectivity index (χ0) is 18.6. The Balaban J connectivity index is 2.27. The van der Waals surface area contributed by atoms with Gasteiger partial charge >= 0.3 is 0 Å². The van der Waals surface area contributed by atoms with Gasteiger partial charge in [0.1, 0.15) is 11.6 Å².